The van der Waals surface area contributed by atoms with Gasteiger partial charge in [0.1, 0.15) is 10.6 Å². The molecule has 9 heteroatoms. The minimum Gasteiger partial charge on any atom is -0.356 e. The van der Waals surface area contributed by atoms with E-state index in [1.807, 2.05) is 18.2 Å². The topological polar surface area (TPSA) is 103 Å². The van der Waals surface area contributed by atoms with E-state index in [0.717, 1.165) is 42.0 Å². The summed E-state index contributed by atoms with van der Waals surface area (Å²) in [5, 5.41) is 2.99. The van der Waals surface area contributed by atoms with E-state index < -0.39 is 10.0 Å². The van der Waals surface area contributed by atoms with Crippen LogP contribution in [-0.4, -0.2) is 61.1 Å². The van der Waals surface area contributed by atoms with Crippen molar-refractivity contribution >= 4 is 21.8 Å². The number of aryl methyl sites for hydroxylation is 1. The molecule has 1 saturated heterocycles. The zero-order valence-corrected chi connectivity index (χ0v) is 20.0. The van der Waals surface area contributed by atoms with Crippen molar-refractivity contribution in [3.05, 3.63) is 53.3 Å². The first kappa shape index (κ1) is 23.5. The first-order chi connectivity index (χ1) is 15.8. The van der Waals surface area contributed by atoms with Gasteiger partial charge < -0.3 is 15.2 Å². The number of aromatic nitrogens is 1. The molecule has 0 spiro atoms. The van der Waals surface area contributed by atoms with Crippen molar-refractivity contribution in [1.29, 1.82) is 0 Å². The maximum atomic E-state index is 13.0. The Morgan fingerprint density at radius 2 is 1.91 bits per heavy atom. The maximum Gasteiger partial charge on any atom is 0.270 e. The molecule has 8 nitrogen and oxygen atoms in total. The van der Waals surface area contributed by atoms with Crippen LogP contribution in [0.2, 0.25) is 0 Å². The Bertz CT molecular complexity index is 1120. The van der Waals surface area contributed by atoms with Gasteiger partial charge in [-0.1, -0.05) is 31.2 Å². The molecule has 1 atom stereocenters. The number of piperidine rings is 1. The second kappa shape index (κ2) is 9.69. The van der Waals surface area contributed by atoms with Crippen LogP contribution in [0.25, 0.3) is 0 Å². The number of rotatable bonds is 6. The number of H-pyrrole nitrogens is 1. The van der Waals surface area contributed by atoms with E-state index in [0.29, 0.717) is 19.0 Å². The molecule has 0 bridgehead atoms. The summed E-state index contributed by atoms with van der Waals surface area (Å²) in [6.07, 6.45) is 6.01. The minimum atomic E-state index is -3.92. The molecule has 0 radical (unpaired) electrons. The van der Waals surface area contributed by atoms with Crippen LogP contribution in [0.4, 0.5) is 0 Å². The van der Waals surface area contributed by atoms with Gasteiger partial charge in [0.15, 0.2) is 0 Å². The highest BCUT2D eigenvalue weighted by molar-refractivity contribution is 7.89. The number of benzene rings is 1. The SMILES string of the molecule is CC1CCN(C(=O)c2cc(S(=O)(=O)N(C)CC(=O)N[C@H]3CCCc4ccccc43)c[nH]2)CC1. The predicted molar refractivity (Wildman–Crippen MR) is 125 cm³/mol. The molecule has 0 unspecified atom stereocenters. The smallest absolute Gasteiger partial charge is 0.270 e. The molecule has 33 heavy (non-hydrogen) atoms. The van der Waals surface area contributed by atoms with Crippen LogP contribution in [-0.2, 0) is 21.2 Å². The second-order valence-electron chi connectivity index (χ2n) is 9.20. The molecule has 2 amide bonds. The van der Waals surface area contributed by atoms with Gasteiger partial charge in [-0.15, -0.1) is 0 Å². The number of nitrogens with zero attached hydrogens (tertiary/aromatic N) is 2. The second-order valence-corrected chi connectivity index (χ2v) is 11.2. The summed E-state index contributed by atoms with van der Waals surface area (Å²) < 4.78 is 27.1. The van der Waals surface area contributed by atoms with Gasteiger partial charge in [0.25, 0.3) is 5.91 Å². The average molecular weight is 473 g/mol. The number of hydrogen-bond acceptors (Lipinski definition) is 4. The number of carbonyl (C=O) groups excluding carboxylic acids is 2. The van der Waals surface area contributed by atoms with E-state index in [1.54, 1.807) is 4.90 Å². The van der Waals surface area contributed by atoms with Gasteiger partial charge in [0, 0.05) is 26.3 Å². The van der Waals surface area contributed by atoms with Gasteiger partial charge in [0.2, 0.25) is 15.9 Å². The monoisotopic (exact) mass is 472 g/mol. The molecule has 1 aliphatic heterocycles. The standard InChI is InChI=1S/C24H32N4O4S/c1-17-10-12-28(13-11-17)24(30)22-14-19(15-25-22)33(31,32)27(2)16-23(29)26-21-9-5-7-18-6-3-4-8-20(18)21/h3-4,6,8,14-15,17,21,25H,5,7,9-13,16H2,1-2H3,(H,26,29)/t21-/m0/s1. The Morgan fingerprint density at radius 1 is 1.18 bits per heavy atom. The zero-order chi connectivity index (χ0) is 23.6. The van der Waals surface area contributed by atoms with Gasteiger partial charge in [0.05, 0.1) is 12.6 Å². The number of carbonyl (C=O) groups is 2. The zero-order valence-electron chi connectivity index (χ0n) is 19.2. The Balaban J connectivity index is 1.39. The molecule has 1 aromatic heterocycles. The van der Waals surface area contributed by atoms with Crippen LogP contribution in [0.3, 0.4) is 0 Å². The maximum absolute atomic E-state index is 13.0. The Hall–Kier alpha value is -2.65. The molecule has 2 aliphatic rings. The van der Waals surface area contributed by atoms with E-state index >= 15 is 0 Å². The molecule has 2 N–H and O–H groups in total. The summed E-state index contributed by atoms with van der Waals surface area (Å²) in [4.78, 5) is 29.9. The largest absolute Gasteiger partial charge is 0.356 e. The van der Waals surface area contributed by atoms with Crippen molar-refractivity contribution < 1.29 is 18.0 Å². The van der Waals surface area contributed by atoms with Crippen LogP contribution < -0.4 is 5.32 Å². The van der Waals surface area contributed by atoms with Crippen molar-refractivity contribution in [1.82, 2.24) is 19.5 Å². The number of fused-ring (bicyclic) bond motifs is 1. The molecule has 2 aromatic rings. The molecule has 1 aromatic carbocycles. The lowest BCUT2D eigenvalue weighted by atomic mass is 9.88. The fourth-order valence-electron chi connectivity index (χ4n) is 4.64. The summed E-state index contributed by atoms with van der Waals surface area (Å²) in [6.45, 7) is 3.22. The van der Waals surface area contributed by atoms with E-state index in [4.69, 9.17) is 0 Å². The summed E-state index contributed by atoms with van der Waals surface area (Å²) in [5.74, 6) is 0.0484. The number of nitrogens with one attached hydrogen (secondary N) is 2. The third-order valence-corrected chi connectivity index (χ3v) is 8.52. The van der Waals surface area contributed by atoms with Gasteiger partial charge in [-0.05, 0) is 55.2 Å². The number of amides is 2. The van der Waals surface area contributed by atoms with Crippen LogP contribution in [0.15, 0.2) is 41.4 Å². The van der Waals surface area contributed by atoms with E-state index in [-0.39, 0.29) is 35.0 Å². The highest BCUT2D eigenvalue weighted by Gasteiger charge is 2.29. The van der Waals surface area contributed by atoms with Crippen molar-refractivity contribution in [2.75, 3.05) is 26.7 Å². The molecule has 1 fully saturated rings. The molecule has 2 heterocycles. The molecule has 1 aliphatic carbocycles. The van der Waals surface area contributed by atoms with Crippen LogP contribution >= 0.6 is 0 Å². The van der Waals surface area contributed by atoms with Gasteiger partial charge in [-0.25, -0.2) is 8.42 Å². The fourth-order valence-corrected chi connectivity index (χ4v) is 5.76. The lowest BCUT2D eigenvalue weighted by molar-refractivity contribution is -0.122. The first-order valence-corrected chi connectivity index (χ1v) is 13.0. The molecular formula is C24H32N4O4S. The summed E-state index contributed by atoms with van der Waals surface area (Å²) in [5.41, 5.74) is 2.58. The molecule has 0 saturated carbocycles. The summed E-state index contributed by atoms with van der Waals surface area (Å²) >= 11 is 0. The van der Waals surface area contributed by atoms with Crippen molar-refractivity contribution in [3.63, 3.8) is 0 Å². The van der Waals surface area contributed by atoms with Crippen LogP contribution in [0.5, 0.6) is 0 Å². The fraction of sp³-hybridized carbons (Fsp3) is 0.500. The lowest BCUT2D eigenvalue weighted by Gasteiger charge is -2.29. The minimum absolute atomic E-state index is 0.0189. The Kier molecular flexibility index (Phi) is 6.90. The first-order valence-electron chi connectivity index (χ1n) is 11.6. The average Bonchev–Trinajstić information content (AvgIpc) is 3.30. The van der Waals surface area contributed by atoms with Crippen molar-refractivity contribution in [2.45, 2.75) is 50.0 Å². The van der Waals surface area contributed by atoms with Gasteiger partial charge >= 0.3 is 0 Å². The number of aromatic amines is 1. The third kappa shape index (κ3) is 5.14. The van der Waals surface area contributed by atoms with Crippen molar-refractivity contribution in [2.24, 2.45) is 5.92 Å². The Morgan fingerprint density at radius 3 is 2.67 bits per heavy atom. The molecule has 4 rings (SSSR count). The highest BCUT2D eigenvalue weighted by atomic mass is 32.2. The summed E-state index contributed by atoms with van der Waals surface area (Å²) in [6, 6.07) is 9.28. The van der Waals surface area contributed by atoms with Crippen molar-refractivity contribution in [3.8, 4) is 0 Å². The van der Waals surface area contributed by atoms with Crippen LogP contribution in [0.1, 0.15) is 60.3 Å². The molecule has 178 valence electrons. The number of likely N-dealkylation sites (tertiary alicyclic amines) is 1. The lowest BCUT2D eigenvalue weighted by Crippen LogP contribution is -2.40. The van der Waals surface area contributed by atoms with E-state index in [2.05, 4.69) is 23.3 Å². The summed E-state index contributed by atoms with van der Waals surface area (Å²) in [7, 11) is -2.54. The third-order valence-electron chi connectivity index (χ3n) is 6.74. The number of likely N-dealkylation sites (N-methyl/N-ethyl adjacent to an activating group) is 1. The quantitative estimate of drug-likeness (QED) is 0.675. The van der Waals surface area contributed by atoms with Gasteiger partial charge in [-0.2, -0.15) is 4.31 Å². The van der Waals surface area contributed by atoms with E-state index in [9.17, 15) is 18.0 Å². The highest BCUT2D eigenvalue weighted by Crippen LogP contribution is 2.29. The normalized spacial score (nSPS) is 19.4. The number of sulfonamides is 1. The van der Waals surface area contributed by atoms with E-state index in [1.165, 1.54) is 24.9 Å². The Labute approximate surface area is 195 Å². The number of hydrogen-bond donors (Lipinski definition) is 2. The van der Waals surface area contributed by atoms with Crippen LogP contribution in [0, 0.1) is 5.92 Å². The predicted octanol–water partition coefficient (Wildman–Crippen LogP) is 2.70. The molecular weight excluding hydrogens is 440 g/mol. The van der Waals surface area contributed by atoms with Gasteiger partial charge in [-0.3, -0.25) is 9.59 Å².